The van der Waals surface area contributed by atoms with E-state index >= 15 is 0 Å². The van der Waals surface area contributed by atoms with Crippen LogP contribution in [0.4, 0.5) is 5.69 Å². The molecule has 0 aliphatic heterocycles. The van der Waals surface area contributed by atoms with Crippen molar-refractivity contribution in [2.75, 3.05) is 24.2 Å². The van der Waals surface area contributed by atoms with Crippen LogP contribution in [0.1, 0.15) is 32.8 Å². The molecular weight excluding hydrogens is 513 g/mol. The summed E-state index contributed by atoms with van der Waals surface area (Å²) < 4.78 is 31.4. The molecule has 2 aromatic rings. The van der Waals surface area contributed by atoms with Crippen LogP contribution in [0, 0.1) is 0 Å². The van der Waals surface area contributed by atoms with Crippen molar-refractivity contribution in [3.63, 3.8) is 0 Å². The monoisotopic (exact) mass is 543 g/mol. The molecule has 2 aromatic carbocycles. The quantitative estimate of drug-likeness (QED) is 0.460. The molecule has 8 nitrogen and oxygen atoms in total. The number of nitrogens with zero attached hydrogens (tertiary/aromatic N) is 2. The molecule has 0 bridgehead atoms. The molecule has 2 rings (SSSR count). The second-order valence-electron chi connectivity index (χ2n) is 8.21. The number of carbonyl (C=O) groups excluding carboxylic acids is 2. The van der Waals surface area contributed by atoms with E-state index in [0.29, 0.717) is 11.3 Å². The number of nitrogens with one attached hydrogen (secondary N) is 1. The lowest BCUT2D eigenvalue weighted by Crippen LogP contribution is -2.52. The Morgan fingerprint density at radius 1 is 1.11 bits per heavy atom. The van der Waals surface area contributed by atoms with Crippen molar-refractivity contribution in [1.29, 1.82) is 0 Å². The molecule has 2 atom stereocenters. The van der Waals surface area contributed by atoms with Crippen molar-refractivity contribution in [3.05, 3.63) is 58.1 Å². The van der Waals surface area contributed by atoms with Gasteiger partial charge in [0.25, 0.3) is 0 Å². The van der Waals surface area contributed by atoms with Gasteiger partial charge in [0.1, 0.15) is 18.3 Å². The molecule has 0 spiro atoms. The van der Waals surface area contributed by atoms with Crippen molar-refractivity contribution >= 4 is 50.7 Å². The van der Waals surface area contributed by atoms with Crippen molar-refractivity contribution < 1.29 is 22.7 Å². The maximum Gasteiger partial charge on any atom is 0.244 e. The van der Waals surface area contributed by atoms with Gasteiger partial charge in [-0.25, -0.2) is 8.42 Å². The Hall–Kier alpha value is -2.49. The smallest absolute Gasteiger partial charge is 0.244 e. The van der Waals surface area contributed by atoms with Gasteiger partial charge in [0.15, 0.2) is 0 Å². The van der Waals surface area contributed by atoms with Crippen LogP contribution in [0.3, 0.4) is 0 Å². The predicted molar refractivity (Wildman–Crippen MR) is 140 cm³/mol. The number of sulfonamides is 1. The van der Waals surface area contributed by atoms with E-state index in [9.17, 15) is 18.0 Å². The van der Waals surface area contributed by atoms with Crippen molar-refractivity contribution in [2.45, 2.75) is 45.8 Å². The summed E-state index contributed by atoms with van der Waals surface area (Å²) in [6.07, 6.45) is 1.69. The van der Waals surface area contributed by atoms with Crippen LogP contribution in [-0.2, 0) is 26.2 Å². The summed E-state index contributed by atoms with van der Waals surface area (Å²) in [6.45, 7) is 4.90. The molecule has 0 fully saturated rings. The molecule has 0 aromatic heterocycles. The van der Waals surface area contributed by atoms with Gasteiger partial charge in [0.2, 0.25) is 21.8 Å². The number of anilines is 1. The number of halogens is 2. The van der Waals surface area contributed by atoms with Gasteiger partial charge in [-0.1, -0.05) is 48.3 Å². The Labute approximate surface area is 217 Å². The molecule has 11 heteroatoms. The standard InChI is InChI=1S/C24H31Cl2N3O5S/c1-6-16(2)27-24(31)17(3)28(14-18-9-7-10-19(13-18)34-4)22(30)15-29(35(5,32)33)21-12-8-11-20(25)23(21)26/h7-13,16-17H,6,14-15H2,1-5H3,(H,27,31)/t16-,17-/m1/s1. The number of hydrogen-bond acceptors (Lipinski definition) is 5. The average molecular weight is 545 g/mol. The Morgan fingerprint density at radius 3 is 2.37 bits per heavy atom. The van der Waals surface area contributed by atoms with Crippen LogP contribution in [0.15, 0.2) is 42.5 Å². The van der Waals surface area contributed by atoms with Gasteiger partial charge < -0.3 is 15.0 Å². The lowest BCUT2D eigenvalue weighted by atomic mass is 10.1. The normalized spacial score (nSPS) is 13.0. The zero-order valence-corrected chi connectivity index (χ0v) is 22.7. The van der Waals surface area contributed by atoms with Gasteiger partial charge in [-0.3, -0.25) is 13.9 Å². The predicted octanol–water partition coefficient (Wildman–Crippen LogP) is 4.10. The van der Waals surface area contributed by atoms with E-state index in [0.717, 1.165) is 17.0 Å². The molecule has 0 heterocycles. The van der Waals surface area contributed by atoms with Crippen LogP contribution in [-0.4, -0.2) is 57.1 Å². The topological polar surface area (TPSA) is 96.0 Å². The third-order valence-corrected chi connectivity index (χ3v) is 7.47. The van der Waals surface area contributed by atoms with Crippen LogP contribution < -0.4 is 14.4 Å². The van der Waals surface area contributed by atoms with Gasteiger partial charge in [0, 0.05) is 12.6 Å². The van der Waals surface area contributed by atoms with Crippen molar-refractivity contribution in [1.82, 2.24) is 10.2 Å². The highest BCUT2D eigenvalue weighted by Crippen LogP contribution is 2.33. The Kier molecular flexibility index (Phi) is 10.2. The zero-order valence-electron chi connectivity index (χ0n) is 20.4. The van der Waals surface area contributed by atoms with Gasteiger partial charge >= 0.3 is 0 Å². The molecule has 0 aliphatic carbocycles. The van der Waals surface area contributed by atoms with Crippen molar-refractivity contribution in [3.8, 4) is 5.75 Å². The number of amides is 2. The summed E-state index contributed by atoms with van der Waals surface area (Å²) in [5.74, 6) is -0.335. The van der Waals surface area contributed by atoms with E-state index in [2.05, 4.69) is 5.32 Å². The molecule has 192 valence electrons. The molecular formula is C24H31Cl2N3O5S. The zero-order chi connectivity index (χ0) is 26.3. The van der Waals surface area contributed by atoms with E-state index in [4.69, 9.17) is 27.9 Å². The molecule has 0 saturated carbocycles. The Balaban J connectivity index is 2.45. The number of ether oxygens (including phenoxy) is 1. The average Bonchev–Trinajstić information content (AvgIpc) is 2.81. The van der Waals surface area contributed by atoms with Crippen molar-refractivity contribution in [2.24, 2.45) is 0 Å². The van der Waals surface area contributed by atoms with E-state index in [1.165, 1.54) is 24.1 Å². The summed E-state index contributed by atoms with van der Waals surface area (Å²) in [5.41, 5.74) is 0.792. The third-order valence-electron chi connectivity index (χ3n) is 5.53. The highest BCUT2D eigenvalue weighted by molar-refractivity contribution is 7.92. The maximum absolute atomic E-state index is 13.6. The van der Waals surface area contributed by atoms with Crippen LogP contribution in [0.2, 0.25) is 10.0 Å². The first kappa shape index (κ1) is 28.7. The lowest BCUT2D eigenvalue weighted by molar-refractivity contribution is -0.139. The van der Waals surface area contributed by atoms with E-state index in [1.807, 2.05) is 13.8 Å². The molecule has 0 unspecified atom stereocenters. The van der Waals surface area contributed by atoms with Gasteiger partial charge in [0.05, 0.1) is 29.1 Å². The summed E-state index contributed by atoms with van der Waals surface area (Å²) >= 11 is 12.3. The highest BCUT2D eigenvalue weighted by Gasteiger charge is 2.31. The van der Waals surface area contributed by atoms with E-state index < -0.39 is 28.5 Å². The van der Waals surface area contributed by atoms with Gasteiger partial charge in [-0.2, -0.15) is 0 Å². The van der Waals surface area contributed by atoms with Crippen LogP contribution in [0.5, 0.6) is 5.75 Å². The first-order valence-electron chi connectivity index (χ1n) is 11.0. The summed E-state index contributed by atoms with van der Waals surface area (Å²) in [7, 11) is -2.39. The van der Waals surface area contributed by atoms with Crippen LogP contribution in [0.25, 0.3) is 0 Å². The summed E-state index contributed by atoms with van der Waals surface area (Å²) in [4.78, 5) is 27.8. The lowest BCUT2D eigenvalue weighted by Gasteiger charge is -2.32. The second kappa shape index (κ2) is 12.5. The number of benzene rings is 2. The Morgan fingerprint density at radius 2 is 1.77 bits per heavy atom. The fraction of sp³-hybridized carbons (Fsp3) is 0.417. The van der Waals surface area contributed by atoms with Gasteiger partial charge in [-0.05, 0) is 50.1 Å². The molecule has 35 heavy (non-hydrogen) atoms. The van der Waals surface area contributed by atoms with E-state index in [-0.39, 0.29) is 34.2 Å². The summed E-state index contributed by atoms with van der Waals surface area (Å²) in [5, 5.41) is 3.04. The Bertz CT molecular complexity index is 1160. The van der Waals surface area contributed by atoms with Gasteiger partial charge in [-0.15, -0.1) is 0 Å². The summed E-state index contributed by atoms with van der Waals surface area (Å²) in [6, 6.07) is 10.7. The SMILES string of the molecule is CC[C@@H](C)NC(=O)[C@@H](C)N(Cc1cccc(OC)c1)C(=O)CN(c1cccc(Cl)c1Cl)S(C)(=O)=O. The van der Waals surface area contributed by atoms with E-state index in [1.54, 1.807) is 37.3 Å². The fourth-order valence-corrected chi connectivity index (χ4v) is 4.60. The minimum atomic E-state index is -3.92. The molecule has 2 amide bonds. The second-order valence-corrected chi connectivity index (χ2v) is 10.9. The minimum absolute atomic E-state index is 0.00861. The first-order chi connectivity index (χ1) is 16.4. The molecule has 0 saturated heterocycles. The third kappa shape index (κ3) is 7.75. The number of carbonyl (C=O) groups is 2. The first-order valence-corrected chi connectivity index (χ1v) is 13.6. The largest absolute Gasteiger partial charge is 0.497 e. The minimum Gasteiger partial charge on any atom is -0.497 e. The number of hydrogen-bond donors (Lipinski definition) is 1. The highest BCUT2D eigenvalue weighted by atomic mass is 35.5. The maximum atomic E-state index is 13.6. The number of rotatable bonds is 11. The number of methoxy groups -OCH3 is 1. The fourth-order valence-electron chi connectivity index (χ4n) is 3.30. The molecule has 0 radical (unpaired) electrons. The van der Waals surface area contributed by atoms with Crippen LogP contribution >= 0.6 is 23.2 Å². The molecule has 1 N–H and O–H groups in total. The molecule has 0 aliphatic rings.